The van der Waals surface area contributed by atoms with Gasteiger partial charge in [-0.1, -0.05) is 36.4 Å². The van der Waals surface area contributed by atoms with E-state index < -0.39 is 6.03 Å². The number of nitrogens with one attached hydrogen (secondary N) is 1. The van der Waals surface area contributed by atoms with Gasteiger partial charge in [0.1, 0.15) is 5.70 Å². The Morgan fingerprint density at radius 2 is 1.90 bits per heavy atom. The summed E-state index contributed by atoms with van der Waals surface area (Å²) in [5.41, 5.74) is 1.94. The molecule has 0 saturated carbocycles. The number of hydrogen-bond donors (Lipinski definition) is 1. The Bertz CT molecular complexity index is 696. The Balaban J connectivity index is 1.81. The smallest absolute Gasteiger partial charge is 0.303 e. The van der Waals surface area contributed by atoms with E-state index in [4.69, 9.17) is 0 Å². The van der Waals surface area contributed by atoms with Gasteiger partial charge in [-0.05, 0) is 23.3 Å². The predicted octanol–water partition coefficient (Wildman–Crippen LogP) is 2.17. The van der Waals surface area contributed by atoms with Crippen molar-refractivity contribution in [2.24, 2.45) is 0 Å². The largest absolute Gasteiger partial charge is 0.329 e. The van der Waals surface area contributed by atoms with Crippen molar-refractivity contribution in [1.29, 1.82) is 0 Å². The molecule has 21 heavy (non-hydrogen) atoms. The molecule has 3 rings (SSSR count). The second kappa shape index (κ2) is 5.58. The molecule has 1 saturated heterocycles. The van der Waals surface area contributed by atoms with E-state index >= 15 is 0 Å². The number of aromatic nitrogens is 1. The molecule has 1 fully saturated rings. The van der Waals surface area contributed by atoms with Crippen LogP contribution in [0.25, 0.3) is 6.08 Å². The predicted molar refractivity (Wildman–Crippen MR) is 77.7 cm³/mol. The Hall–Kier alpha value is -2.95. The summed E-state index contributed by atoms with van der Waals surface area (Å²) in [6.45, 7) is 0.260. The summed E-state index contributed by atoms with van der Waals surface area (Å²) in [5.74, 6) is -0.326. The monoisotopic (exact) mass is 279 g/mol. The van der Waals surface area contributed by atoms with Crippen LogP contribution in [0.2, 0.25) is 0 Å². The van der Waals surface area contributed by atoms with Crippen LogP contribution in [0.15, 0.2) is 60.6 Å². The van der Waals surface area contributed by atoms with Crippen LogP contribution in [-0.2, 0) is 11.3 Å². The second-order valence-electron chi connectivity index (χ2n) is 4.65. The van der Waals surface area contributed by atoms with Gasteiger partial charge in [-0.15, -0.1) is 0 Å². The fraction of sp³-hybridized carbons (Fsp3) is 0.0625. The van der Waals surface area contributed by atoms with Crippen molar-refractivity contribution < 1.29 is 9.59 Å². The van der Waals surface area contributed by atoms with Gasteiger partial charge in [-0.3, -0.25) is 14.7 Å². The van der Waals surface area contributed by atoms with Crippen LogP contribution in [0.4, 0.5) is 4.79 Å². The van der Waals surface area contributed by atoms with Crippen LogP contribution < -0.4 is 5.32 Å². The van der Waals surface area contributed by atoms with Crippen molar-refractivity contribution in [3.63, 3.8) is 0 Å². The second-order valence-corrected chi connectivity index (χ2v) is 4.65. The highest BCUT2D eigenvalue weighted by molar-refractivity contribution is 6.13. The zero-order chi connectivity index (χ0) is 14.7. The molecule has 1 aliphatic heterocycles. The van der Waals surface area contributed by atoms with Gasteiger partial charge in [0.05, 0.1) is 6.54 Å². The zero-order valence-corrected chi connectivity index (χ0v) is 11.2. The van der Waals surface area contributed by atoms with Gasteiger partial charge in [0.2, 0.25) is 0 Å². The molecule has 3 amide bonds. The van der Waals surface area contributed by atoms with Crippen LogP contribution in [0.5, 0.6) is 0 Å². The highest BCUT2D eigenvalue weighted by Crippen LogP contribution is 2.16. The summed E-state index contributed by atoms with van der Waals surface area (Å²) in [6, 6.07) is 12.6. The molecule has 0 aliphatic carbocycles. The first-order valence-electron chi connectivity index (χ1n) is 6.52. The molecule has 1 aliphatic rings. The number of pyridine rings is 1. The molecule has 104 valence electrons. The van der Waals surface area contributed by atoms with E-state index in [1.165, 1.54) is 4.90 Å². The third kappa shape index (κ3) is 2.81. The number of rotatable bonds is 3. The summed E-state index contributed by atoms with van der Waals surface area (Å²) in [5, 5.41) is 2.59. The van der Waals surface area contributed by atoms with Crippen molar-refractivity contribution >= 4 is 18.0 Å². The minimum atomic E-state index is -0.404. The van der Waals surface area contributed by atoms with Crippen molar-refractivity contribution in [3.05, 3.63) is 71.7 Å². The van der Waals surface area contributed by atoms with E-state index in [0.29, 0.717) is 0 Å². The lowest BCUT2D eigenvalue weighted by atomic mass is 10.2. The number of nitrogens with zero attached hydrogens (tertiary/aromatic N) is 2. The first kappa shape index (κ1) is 13.1. The average Bonchev–Trinajstić information content (AvgIpc) is 2.77. The van der Waals surface area contributed by atoms with Crippen molar-refractivity contribution in [3.8, 4) is 0 Å². The van der Waals surface area contributed by atoms with Crippen molar-refractivity contribution in [1.82, 2.24) is 15.2 Å². The van der Waals surface area contributed by atoms with Crippen molar-refractivity contribution in [2.75, 3.05) is 0 Å². The number of imide groups is 1. The maximum atomic E-state index is 12.3. The molecule has 0 unspecified atom stereocenters. The maximum Gasteiger partial charge on any atom is 0.329 e. The number of benzene rings is 1. The summed E-state index contributed by atoms with van der Waals surface area (Å²) in [4.78, 5) is 29.4. The first-order valence-corrected chi connectivity index (χ1v) is 6.52. The number of carbonyl (C=O) groups is 2. The molecule has 0 radical (unpaired) electrons. The highest BCUT2D eigenvalue weighted by atomic mass is 16.2. The van der Waals surface area contributed by atoms with E-state index in [1.807, 2.05) is 36.4 Å². The molecule has 5 nitrogen and oxygen atoms in total. The Morgan fingerprint density at radius 3 is 2.62 bits per heavy atom. The molecular formula is C16H13N3O2. The molecule has 1 aromatic heterocycles. The van der Waals surface area contributed by atoms with Gasteiger partial charge >= 0.3 is 6.03 Å². The van der Waals surface area contributed by atoms with Crippen LogP contribution in [-0.4, -0.2) is 21.8 Å². The quantitative estimate of drug-likeness (QED) is 0.692. The first-order chi connectivity index (χ1) is 10.2. The van der Waals surface area contributed by atoms with Crippen LogP contribution in [0.3, 0.4) is 0 Å². The molecule has 2 heterocycles. The molecule has 1 aromatic carbocycles. The fourth-order valence-corrected chi connectivity index (χ4v) is 2.11. The highest BCUT2D eigenvalue weighted by Gasteiger charge is 2.33. The number of hydrogen-bond acceptors (Lipinski definition) is 3. The van der Waals surface area contributed by atoms with Crippen molar-refractivity contribution in [2.45, 2.75) is 6.54 Å². The average molecular weight is 279 g/mol. The van der Waals surface area contributed by atoms with Crippen LogP contribution in [0, 0.1) is 0 Å². The molecule has 1 N–H and O–H groups in total. The Morgan fingerprint density at radius 1 is 1.10 bits per heavy atom. The lowest BCUT2D eigenvalue weighted by molar-refractivity contribution is -0.123. The van der Waals surface area contributed by atoms with Crippen LogP contribution >= 0.6 is 0 Å². The summed E-state index contributed by atoms with van der Waals surface area (Å²) >= 11 is 0. The molecule has 0 atom stereocenters. The lowest BCUT2D eigenvalue weighted by Crippen LogP contribution is -2.30. The molecule has 0 spiro atoms. The topological polar surface area (TPSA) is 62.3 Å². The van der Waals surface area contributed by atoms with Crippen LogP contribution in [0.1, 0.15) is 11.1 Å². The number of carbonyl (C=O) groups excluding carboxylic acids is 2. The number of amides is 3. The SMILES string of the molecule is O=C1NC(=Cc2cccnc2)C(=O)N1Cc1ccccc1. The fourth-order valence-electron chi connectivity index (χ4n) is 2.11. The Kier molecular flexibility index (Phi) is 3.47. The van der Waals surface area contributed by atoms with E-state index in [1.54, 1.807) is 24.5 Å². The maximum absolute atomic E-state index is 12.3. The van der Waals surface area contributed by atoms with E-state index in [-0.39, 0.29) is 18.1 Å². The van der Waals surface area contributed by atoms with Gasteiger partial charge in [0.25, 0.3) is 5.91 Å². The third-order valence-corrected chi connectivity index (χ3v) is 3.14. The summed E-state index contributed by atoms with van der Waals surface area (Å²) < 4.78 is 0. The van der Waals surface area contributed by atoms with E-state index in [0.717, 1.165) is 11.1 Å². The standard InChI is InChI=1S/C16H13N3O2/c20-15-14(9-13-7-4-8-17-10-13)18-16(21)19(15)11-12-5-2-1-3-6-12/h1-10H,11H2,(H,18,21). The van der Waals surface area contributed by atoms with Gasteiger partial charge in [0.15, 0.2) is 0 Å². The van der Waals surface area contributed by atoms with E-state index in [2.05, 4.69) is 10.3 Å². The zero-order valence-electron chi connectivity index (χ0n) is 11.2. The van der Waals surface area contributed by atoms with Gasteiger partial charge in [0, 0.05) is 12.4 Å². The Labute approximate surface area is 121 Å². The molecule has 5 heteroatoms. The summed E-state index contributed by atoms with van der Waals surface area (Å²) in [6.07, 6.45) is 4.91. The molecule has 0 bridgehead atoms. The normalized spacial score (nSPS) is 16.4. The van der Waals surface area contributed by atoms with E-state index in [9.17, 15) is 9.59 Å². The molecule has 2 aromatic rings. The number of urea groups is 1. The summed E-state index contributed by atoms with van der Waals surface area (Å²) in [7, 11) is 0. The van der Waals surface area contributed by atoms with Gasteiger partial charge < -0.3 is 5.32 Å². The minimum absolute atomic E-state index is 0.260. The molecular weight excluding hydrogens is 266 g/mol. The minimum Gasteiger partial charge on any atom is -0.303 e. The van der Waals surface area contributed by atoms with Gasteiger partial charge in [-0.25, -0.2) is 4.79 Å². The third-order valence-electron chi connectivity index (χ3n) is 3.14. The van der Waals surface area contributed by atoms with Gasteiger partial charge in [-0.2, -0.15) is 0 Å². The lowest BCUT2D eigenvalue weighted by Gasteiger charge is -2.11.